The van der Waals surface area contributed by atoms with E-state index in [1.54, 1.807) is 10.9 Å². The molecule has 158 valence electrons. The minimum atomic E-state index is 0.0514. The third-order valence-corrected chi connectivity index (χ3v) is 5.93. The monoisotopic (exact) mass is 415 g/mol. The molecule has 1 fully saturated rings. The smallest absolute Gasteiger partial charge is 0.223 e. The largest absolute Gasteiger partial charge is 0.361 e. The van der Waals surface area contributed by atoms with E-state index in [0.717, 1.165) is 43.7 Å². The van der Waals surface area contributed by atoms with Crippen LogP contribution in [0.15, 0.2) is 61.1 Å². The number of aromatic nitrogens is 5. The zero-order chi connectivity index (χ0) is 21.0. The summed E-state index contributed by atoms with van der Waals surface area (Å²) in [4.78, 5) is 18.1. The van der Waals surface area contributed by atoms with Gasteiger partial charge in [-0.25, -0.2) is 4.68 Å². The Balaban J connectivity index is 1.10. The van der Waals surface area contributed by atoms with Crippen LogP contribution in [0.25, 0.3) is 16.7 Å². The number of H-pyrrole nitrogens is 1. The minimum Gasteiger partial charge on any atom is -0.361 e. The Hall–Kier alpha value is -3.68. The van der Waals surface area contributed by atoms with Gasteiger partial charge in [-0.3, -0.25) is 4.79 Å². The molecule has 0 aliphatic carbocycles. The number of aromatic amines is 1. The number of rotatable bonds is 6. The molecule has 0 radical (unpaired) electrons. The van der Waals surface area contributed by atoms with Crippen molar-refractivity contribution < 1.29 is 4.79 Å². The second kappa shape index (κ2) is 8.59. The lowest BCUT2D eigenvalue weighted by Gasteiger charge is -2.31. The van der Waals surface area contributed by atoms with Gasteiger partial charge in [-0.1, -0.05) is 18.2 Å². The SMILES string of the molecule is O=C(NCCc1c[nH]c2ccccc12)C1CCN(c2ccc(-n3cccn3)nn2)CC1. The Labute approximate surface area is 180 Å². The van der Waals surface area contributed by atoms with Gasteiger partial charge in [-0.15, -0.1) is 10.2 Å². The van der Waals surface area contributed by atoms with E-state index < -0.39 is 0 Å². The van der Waals surface area contributed by atoms with Gasteiger partial charge in [0.15, 0.2) is 11.6 Å². The highest BCUT2D eigenvalue weighted by Gasteiger charge is 2.25. The van der Waals surface area contributed by atoms with Crippen LogP contribution in [0.4, 0.5) is 5.82 Å². The molecular formula is C23H25N7O. The molecule has 0 bridgehead atoms. The Bertz CT molecular complexity index is 1140. The number of fused-ring (bicyclic) bond motifs is 1. The van der Waals surface area contributed by atoms with E-state index in [9.17, 15) is 4.79 Å². The summed E-state index contributed by atoms with van der Waals surface area (Å²) < 4.78 is 1.68. The van der Waals surface area contributed by atoms with Gasteiger partial charge in [0.2, 0.25) is 5.91 Å². The minimum absolute atomic E-state index is 0.0514. The average molecular weight is 416 g/mol. The van der Waals surface area contributed by atoms with Crippen LogP contribution in [0.3, 0.4) is 0 Å². The normalized spacial score (nSPS) is 14.8. The molecule has 1 amide bonds. The van der Waals surface area contributed by atoms with Crippen LogP contribution in [0.5, 0.6) is 0 Å². The third kappa shape index (κ3) is 4.14. The van der Waals surface area contributed by atoms with Crippen molar-refractivity contribution in [2.24, 2.45) is 5.92 Å². The lowest BCUT2D eigenvalue weighted by atomic mass is 9.96. The van der Waals surface area contributed by atoms with Crippen LogP contribution in [0.1, 0.15) is 18.4 Å². The Kier molecular flexibility index (Phi) is 5.35. The maximum absolute atomic E-state index is 12.6. The molecule has 0 spiro atoms. The van der Waals surface area contributed by atoms with Crippen molar-refractivity contribution in [2.75, 3.05) is 24.5 Å². The molecular weight excluding hydrogens is 390 g/mol. The Morgan fingerprint density at radius 2 is 1.87 bits per heavy atom. The van der Waals surface area contributed by atoms with Crippen LogP contribution >= 0.6 is 0 Å². The summed E-state index contributed by atoms with van der Waals surface area (Å²) in [5.41, 5.74) is 2.37. The molecule has 3 aromatic heterocycles. The number of anilines is 1. The molecule has 8 nitrogen and oxygen atoms in total. The van der Waals surface area contributed by atoms with Gasteiger partial charge in [-0.05, 0) is 49.1 Å². The van der Waals surface area contributed by atoms with E-state index in [1.165, 1.54) is 10.9 Å². The van der Waals surface area contributed by atoms with Crippen molar-refractivity contribution in [3.63, 3.8) is 0 Å². The second-order valence-electron chi connectivity index (χ2n) is 7.86. The summed E-state index contributed by atoms with van der Waals surface area (Å²) in [5, 5.41) is 17.1. The first-order chi connectivity index (χ1) is 15.3. The van der Waals surface area contributed by atoms with E-state index in [0.29, 0.717) is 12.4 Å². The molecule has 31 heavy (non-hydrogen) atoms. The zero-order valence-electron chi connectivity index (χ0n) is 17.2. The lowest BCUT2D eigenvalue weighted by Crippen LogP contribution is -2.41. The van der Waals surface area contributed by atoms with Gasteiger partial charge in [0.25, 0.3) is 0 Å². The maximum atomic E-state index is 12.6. The van der Waals surface area contributed by atoms with E-state index in [2.05, 4.69) is 42.6 Å². The first kappa shape index (κ1) is 19.3. The summed E-state index contributed by atoms with van der Waals surface area (Å²) in [6.45, 7) is 2.26. The van der Waals surface area contributed by atoms with Gasteiger partial charge in [0, 0.05) is 55.0 Å². The fraction of sp³-hybridized carbons (Fsp3) is 0.304. The molecule has 4 aromatic rings. The Morgan fingerprint density at radius 3 is 2.65 bits per heavy atom. The number of nitrogens with one attached hydrogen (secondary N) is 2. The van der Waals surface area contributed by atoms with Gasteiger partial charge in [-0.2, -0.15) is 5.10 Å². The highest BCUT2D eigenvalue weighted by Crippen LogP contribution is 2.22. The van der Waals surface area contributed by atoms with E-state index in [1.807, 2.05) is 42.7 Å². The van der Waals surface area contributed by atoms with Crippen molar-refractivity contribution in [1.82, 2.24) is 30.3 Å². The van der Waals surface area contributed by atoms with Crippen molar-refractivity contribution in [1.29, 1.82) is 0 Å². The molecule has 1 saturated heterocycles. The molecule has 1 aliphatic heterocycles. The van der Waals surface area contributed by atoms with Crippen molar-refractivity contribution in [3.8, 4) is 5.82 Å². The fourth-order valence-corrected chi connectivity index (χ4v) is 4.19. The van der Waals surface area contributed by atoms with Crippen LogP contribution in [-0.2, 0) is 11.2 Å². The predicted molar refractivity (Wildman–Crippen MR) is 119 cm³/mol. The quantitative estimate of drug-likeness (QED) is 0.505. The van der Waals surface area contributed by atoms with E-state index in [4.69, 9.17) is 0 Å². The molecule has 5 rings (SSSR count). The van der Waals surface area contributed by atoms with Gasteiger partial charge >= 0.3 is 0 Å². The number of benzene rings is 1. The molecule has 0 unspecified atom stereocenters. The molecule has 1 aliphatic rings. The number of piperidine rings is 1. The van der Waals surface area contributed by atoms with Crippen molar-refractivity contribution in [2.45, 2.75) is 19.3 Å². The molecule has 8 heteroatoms. The fourth-order valence-electron chi connectivity index (χ4n) is 4.19. The lowest BCUT2D eigenvalue weighted by molar-refractivity contribution is -0.125. The van der Waals surface area contributed by atoms with Crippen LogP contribution in [0.2, 0.25) is 0 Å². The van der Waals surface area contributed by atoms with Crippen molar-refractivity contribution >= 4 is 22.6 Å². The number of carbonyl (C=O) groups is 1. The molecule has 0 saturated carbocycles. The molecule has 1 aromatic carbocycles. The topological polar surface area (TPSA) is 91.7 Å². The molecule has 0 atom stereocenters. The summed E-state index contributed by atoms with van der Waals surface area (Å²) in [7, 11) is 0. The summed E-state index contributed by atoms with van der Waals surface area (Å²) >= 11 is 0. The Morgan fingerprint density at radius 1 is 1.06 bits per heavy atom. The highest BCUT2D eigenvalue weighted by atomic mass is 16.1. The maximum Gasteiger partial charge on any atom is 0.223 e. The molecule has 4 heterocycles. The highest BCUT2D eigenvalue weighted by molar-refractivity contribution is 5.83. The second-order valence-corrected chi connectivity index (χ2v) is 7.86. The van der Waals surface area contributed by atoms with Gasteiger partial charge in [0.1, 0.15) is 0 Å². The summed E-state index contributed by atoms with van der Waals surface area (Å²) in [5.74, 6) is 1.74. The third-order valence-electron chi connectivity index (χ3n) is 5.93. The number of carbonyl (C=O) groups excluding carboxylic acids is 1. The number of amides is 1. The molecule has 2 N–H and O–H groups in total. The van der Waals surface area contributed by atoms with Crippen LogP contribution < -0.4 is 10.2 Å². The number of para-hydroxylation sites is 1. The number of hydrogen-bond acceptors (Lipinski definition) is 5. The standard InChI is InChI=1S/C23H25N7O/c31-23(24-12-8-18-16-25-20-5-2-1-4-19(18)20)17-9-14-29(15-10-17)21-6-7-22(28-27-21)30-13-3-11-26-30/h1-7,11,13,16-17,25H,8-10,12,14-15H2,(H,24,31). The van der Waals surface area contributed by atoms with E-state index >= 15 is 0 Å². The summed E-state index contributed by atoms with van der Waals surface area (Å²) in [6.07, 6.45) is 8.06. The van der Waals surface area contributed by atoms with Crippen LogP contribution in [0, 0.1) is 5.92 Å². The number of nitrogens with zero attached hydrogens (tertiary/aromatic N) is 5. The number of hydrogen-bond donors (Lipinski definition) is 2. The van der Waals surface area contributed by atoms with Gasteiger partial charge < -0.3 is 15.2 Å². The first-order valence-corrected chi connectivity index (χ1v) is 10.7. The first-order valence-electron chi connectivity index (χ1n) is 10.7. The van der Waals surface area contributed by atoms with Crippen molar-refractivity contribution in [3.05, 3.63) is 66.6 Å². The summed E-state index contributed by atoms with van der Waals surface area (Å²) in [6, 6.07) is 14.0. The zero-order valence-corrected chi connectivity index (χ0v) is 17.2. The van der Waals surface area contributed by atoms with E-state index in [-0.39, 0.29) is 11.8 Å². The van der Waals surface area contributed by atoms with Crippen LogP contribution in [-0.4, -0.2) is 50.5 Å². The van der Waals surface area contributed by atoms with Gasteiger partial charge in [0.05, 0.1) is 0 Å². The average Bonchev–Trinajstić information content (AvgIpc) is 3.50. The predicted octanol–water partition coefficient (Wildman–Crippen LogP) is 2.72.